The molecule has 0 saturated heterocycles. The van der Waals surface area contributed by atoms with E-state index in [0.29, 0.717) is 10.8 Å². The minimum Gasteiger partial charge on any atom is -0.455 e. The highest BCUT2D eigenvalue weighted by atomic mass is 79.9. The lowest BCUT2D eigenvalue weighted by molar-refractivity contribution is 0.479. The highest BCUT2D eigenvalue weighted by molar-refractivity contribution is 9.10. The summed E-state index contributed by atoms with van der Waals surface area (Å²) in [5.74, 6) is 1.43. The molecule has 0 aliphatic carbocycles. The molecule has 0 saturated carbocycles. The molecule has 0 amide bonds. The van der Waals surface area contributed by atoms with Crippen LogP contribution < -0.4 is 10.1 Å². The Morgan fingerprint density at radius 2 is 1.95 bits per heavy atom. The van der Waals surface area contributed by atoms with Crippen LogP contribution in [0.4, 0.5) is 0 Å². The van der Waals surface area contributed by atoms with Crippen LogP contribution in [0.3, 0.4) is 0 Å². The van der Waals surface area contributed by atoms with Gasteiger partial charge in [-0.05, 0) is 64.8 Å². The molecule has 0 aliphatic heterocycles. The fourth-order valence-electron chi connectivity index (χ4n) is 1.81. The van der Waals surface area contributed by atoms with Crippen molar-refractivity contribution in [2.45, 2.75) is 20.4 Å². The van der Waals surface area contributed by atoms with Crippen molar-refractivity contribution in [3.8, 4) is 11.5 Å². The van der Waals surface area contributed by atoms with Crippen LogP contribution in [0.15, 0.2) is 40.9 Å². The van der Waals surface area contributed by atoms with E-state index in [9.17, 15) is 0 Å². The van der Waals surface area contributed by atoms with Crippen molar-refractivity contribution in [2.75, 3.05) is 6.54 Å². The Morgan fingerprint density at radius 3 is 2.65 bits per heavy atom. The number of rotatable bonds is 5. The van der Waals surface area contributed by atoms with E-state index >= 15 is 0 Å². The van der Waals surface area contributed by atoms with E-state index in [2.05, 4.69) is 34.2 Å². The van der Waals surface area contributed by atoms with Gasteiger partial charge in [0, 0.05) is 6.54 Å². The van der Waals surface area contributed by atoms with Crippen LogP contribution in [0, 0.1) is 6.92 Å². The summed E-state index contributed by atoms with van der Waals surface area (Å²) < 4.78 is 6.80. The zero-order chi connectivity index (χ0) is 14.5. The van der Waals surface area contributed by atoms with Gasteiger partial charge in [0.25, 0.3) is 0 Å². The van der Waals surface area contributed by atoms with Gasteiger partial charge in [0.05, 0.1) is 9.50 Å². The second-order valence-corrected chi connectivity index (χ2v) is 5.84. The van der Waals surface area contributed by atoms with Gasteiger partial charge in [0.1, 0.15) is 11.5 Å². The molecule has 0 radical (unpaired) electrons. The molecule has 4 heteroatoms. The molecule has 0 unspecified atom stereocenters. The van der Waals surface area contributed by atoms with Crippen molar-refractivity contribution in [1.82, 2.24) is 5.32 Å². The first kappa shape index (κ1) is 15.4. The van der Waals surface area contributed by atoms with Crippen molar-refractivity contribution in [3.05, 3.63) is 57.0 Å². The Bertz CT molecular complexity index is 601. The summed E-state index contributed by atoms with van der Waals surface area (Å²) in [5.41, 5.74) is 2.32. The smallest absolute Gasteiger partial charge is 0.146 e. The highest BCUT2D eigenvalue weighted by Gasteiger charge is 2.07. The Kier molecular flexibility index (Phi) is 5.46. The molecule has 0 spiro atoms. The molecule has 106 valence electrons. The van der Waals surface area contributed by atoms with Crippen LogP contribution in [-0.2, 0) is 6.54 Å². The molecule has 0 fully saturated rings. The minimum atomic E-state index is 0.610. The Labute approximate surface area is 133 Å². The molecule has 2 rings (SSSR count). The minimum absolute atomic E-state index is 0.610. The molecule has 20 heavy (non-hydrogen) atoms. The lowest BCUT2D eigenvalue weighted by atomic mass is 10.2. The second kappa shape index (κ2) is 7.11. The van der Waals surface area contributed by atoms with E-state index in [0.717, 1.165) is 28.9 Å². The van der Waals surface area contributed by atoms with Gasteiger partial charge in [-0.2, -0.15) is 0 Å². The molecule has 2 aromatic rings. The standard InChI is InChI=1S/C16H17BrClNO/c1-3-19-10-12-5-7-15(13(17)9-12)20-16-8-11(2)4-6-14(16)18/h4-9,19H,3,10H2,1-2H3. The van der Waals surface area contributed by atoms with Crippen LogP contribution in [0.25, 0.3) is 0 Å². The van der Waals surface area contributed by atoms with E-state index in [1.165, 1.54) is 5.56 Å². The summed E-state index contributed by atoms with van der Waals surface area (Å²) in [6.45, 7) is 5.90. The maximum Gasteiger partial charge on any atom is 0.146 e. The summed E-state index contributed by atoms with van der Waals surface area (Å²) >= 11 is 9.69. The number of halogens is 2. The molecule has 0 aromatic heterocycles. The Hall–Kier alpha value is -1.03. The second-order valence-electron chi connectivity index (χ2n) is 4.58. The van der Waals surface area contributed by atoms with Gasteiger partial charge < -0.3 is 10.1 Å². The van der Waals surface area contributed by atoms with Crippen LogP contribution in [0.5, 0.6) is 11.5 Å². The SMILES string of the molecule is CCNCc1ccc(Oc2cc(C)ccc2Cl)c(Br)c1. The lowest BCUT2D eigenvalue weighted by Gasteiger charge is -2.11. The van der Waals surface area contributed by atoms with Crippen molar-refractivity contribution in [3.63, 3.8) is 0 Å². The molecular weight excluding hydrogens is 338 g/mol. The summed E-state index contributed by atoms with van der Waals surface area (Å²) in [6.07, 6.45) is 0. The first-order chi connectivity index (χ1) is 9.60. The van der Waals surface area contributed by atoms with Gasteiger partial charge in [0.2, 0.25) is 0 Å². The zero-order valence-corrected chi connectivity index (χ0v) is 13.9. The predicted molar refractivity (Wildman–Crippen MR) is 87.8 cm³/mol. The molecular formula is C16H17BrClNO. The van der Waals surface area contributed by atoms with E-state index in [4.69, 9.17) is 16.3 Å². The summed E-state index contributed by atoms with van der Waals surface area (Å²) in [4.78, 5) is 0. The number of hydrogen-bond donors (Lipinski definition) is 1. The predicted octanol–water partition coefficient (Wildman–Crippen LogP) is 5.31. The number of benzene rings is 2. The van der Waals surface area contributed by atoms with Gasteiger partial charge in [-0.3, -0.25) is 0 Å². The van der Waals surface area contributed by atoms with Gasteiger partial charge in [-0.1, -0.05) is 30.7 Å². The number of hydrogen-bond acceptors (Lipinski definition) is 2. The number of ether oxygens (including phenoxy) is 1. The molecule has 0 bridgehead atoms. The van der Waals surface area contributed by atoms with Gasteiger partial charge in [0.15, 0.2) is 0 Å². The van der Waals surface area contributed by atoms with Crippen LogP contribution in [0.2, 0.25) is 5.02 Å². The maximum absolute atomic E-state index is 6.15. The third kappa shape index (κ3) is 3.98. The number of nitrogens with one attached hydrogen (secondary N) is 1. The van der Waals surface area contributed by atoms with Crippen LogP contribution >= 0.6 is 27.5 Å². The van der Waals surface area contributed by atoms with Crippen LogP contribution in [-0.4, -0.2) is 6.54 Å². The Balaban J connectivity index is 2.19. The summed E-state index contributed by atoms with van der Waals surface area (Å²) in [5, 5.41) is 3.91. The fourth-order valence-corrected chi connectivity index (χ4v) is 2.48. The summed E-state index contributed by atoms with van der Waals surface area (Å²) in [6, 6.07) is 11.8. The molecule has 2 aromatic carbocycles. The third-order valence-corrected chi connectivity index (χ3v) is 3.81. The first-order valence-corrected chi connectivity index (χ1v) is 7.70. The van der Waals surface area contributed by atoms with Crippen molar-refractivity contribution in [1.29, 1.82) is 0 Å². The van der Waals surface area contributed by atoms with Crippen molar-refractivity contribution >= 4 is 27.5 Å². The lowest BCUT2D eigenvalue weighted by Crippen LogP contribution is -2.11. The Morgan fingerprint density at radius 1 is 1.15 bits per heavy atom. The third-order valence-electron chi connectivity index (χ3n) is 2.88. The van der Waals surface area contributed by atoms with E-state index < -0.39 is 0 Å². The van der Waals surface area contributed by atoms with Gasteiger partial charge in [-0.25, -0.2) is 0 Å². The molecule has 0 heterocycles. The molecule has 0 atom stereocenters. The van der Waals surface area contributed by atoms with Crippen molar-refractivity contribution in [2.24, 2.45) is 0 Å². The van der Waals surface area contributed by atoms with E-state index in [1.807, 2.05) is 37.3 Å². The van der Waals surface area contributed by atoms with Crippen LogP contribution in [0.1, 0.15) is 18.1 Å². The first-order valence-electron chi connectivity index (χ1n) is 6.53. The fraction of sp³-hybridized carbons (Fsp3) is 0.250. The number of aryl methyl sites for hydroxylation is 1. The topological polar surface area (TPSA) is 21.3 Å². The molecule has 1 N–H and O–H groups in total. The summed E-state index contributed by atoms with van der Waals surface area (Å²) in [7, 11) is 0. The normalized spacial score (nSPS) is 10.6. The molecule has 0 aliphatic rings. The largest absolute Gasteiger partial charge is 0.455 e. The zero-order valence-electron chi connectivity index (χ0n) is 11.5. The van der Waals surface area contributed by atoms with Gasteiger partial charge >= 0.3 is 0 Å². The maximum atomic E-state index is 6.15. The van der Waals surface area contributed by atoms with Gasteiger partial charge in [-0.15, -0.1) is 0 Å². The van der Waals surface area contributed by atoms with E-state index in [1.54, 1.807) is 0 Å². The quantitative estimate of drug-likeness (QED) is 0.785. The monoisotopic (exact) mass is 353 g/mol. The highest BCUT2D eigenvalue weighted by Crippen LogP contribution is 2.34. The van der Waals surface area contributed by atoms with E-state index in [-0.39, 0.29) is 0 Å². The average Bonchev–Trinajstić information content (AvgIpc) is 2.43. The average molecular weight is 355 g/mol. The van der Waals surface area contributed by atoms with Crippen molar-refractivity contribution < 1.29 is 4.74 Å². The molecule has 2 nitrogen and oxygen atoms in total.